The first-order chi connectivity index (χ1) is 16.9. The third-order valence-corrected chi connectivity index (χ3v) is 6.89. The van der Waals surface area contributed by atoms with E-state index in [9.17, 15) is 19.2 Å². The smallest absolute Gasteiger partial charge is 0.287 e. The second kappa shape index (κ2) is 11.1. The Labute approximate surface area is 207 Å². The van der Waals surface area contributed by atoms with E-state index in [-0.39, 0.29) is 30.0 Å². The predicted octanol–water partition coefficient (Wildman–Crippen LogP) is 4.11. The molecule has 2 aromatic heterocycles. The minimum absolute atomic E-state index is 0.0594. The van der Waals surface area contributed by atoms with E-state index in [4.69, 9.17) is 4.42 Å². The number of nitrogens with one attached hydrogen (secondary N) is 2. The van der Waals surface area contributed by atoms with E-state index >= 15 is 0 Å². The second-order valence-electron chi connectivity index (χ2n) is 8.44. The standard InChI is InChI=1S/C26H27N3O5S/c1-17(30)18-7-4-10-20(15-18)29(23(31)16-27-25(32)21-11-5-13-34-21)24(22-12-6-14-35-22)26(33)28-19-8-2-3-9-19/h4-7,10-15,19,24H,2-3,8-9,16H2,1H3,(H,27,32)(H,28,33). The zero-order valence-electron chi connectivity index (χ0n) is 19.4. The number of hydrogen-bond donors (Lipinski definition) is 2. The molecule has 1 atom stereocenters. The molecular weight excluding hydrogens is 466 g/mol. The summed E-state index contributed by atoms with van der Waals surface area (Å²) in [7, 11) is 0. The van der Waals surface area contributed by atoms with Crippen LogP contribution in [0.3, 0.4) is 0 Å². The molecule has 9 heteroatoms. The number of thiophene rings is 1. The van der Waals surface area contributed by atoms with Crippen molar-refractivity contribution in [3.8, 4) is 0 Å². The second-order valence-corrected chi connectivity index (χ2v) is 9.42. The third kappa shape index (κ3) is 5.86. The molecule has 0 spiro atoms. The van der Waals surface area contributed by atoms with Crippen molar-refractivity contribution < 1.29 is 23.6 Å². The molecule has 0 radical (unpaired) electrons. The van der Waals surface area contributed by atoms with E-state index in [0.717, 1.165) is 25.7 Å². The Morgan fingerprint density at radius 1 is 1.09 bits per heavy atom. The molecule has 1 saturated carbocycles. The number of Topliss-reactive ketones (excluding diaryl/α,β-unsaturated/α-hetero) is 1. The van der Waals surface area contributed by atoms with Gasteiger partial charge in [-0.2, -0.15) is 0 Å². The van der Waals surface area contributed by atoms with Gasteiger partial charge in [-0.3, -0.25) is 24.1 Å². The van der Waals surface area contributed by atoms with Gasteiger partial charge in [-0.25, -0.2) is 0 Å². The summed E-state index contributed by atoms with van der Waals surface area (Å²) in [6.07, 6.45) is 5.27. The third-order valence-electron chi connectivity index (χ3n) is 5.97. The highest BCUT2D eigenvalue weighted by Gasteiger charge is 2.35. The van der Waals surface area contributed by atoms with Crippen LogP contribution in [0.25, 0.3) is 0 Å². The molecule has 0 bridgehead atoms. The minimum Gasteiger partial charge on any atom is -0.459 e. The molecule has 1 aliphatic carbocycles. The summed E-state index contributed by atoms with van der Waals surface area (Å²) < 4.78 is 5.10. The Bertz CT molecular complexity index is 1180. The summed E-state index contributed by atoms with van der Waals surface area (Å²) in [5.41, 5.74) is 0.816. The molecule has 1 unspecified atom stereocenters. The number of furan rings is 1. The summed E-state index contributed by atoms with van der Waals surface area (Å²) >= 11 is 1.37. The zero-order valence-corrected chi connectivity index (χ0v) is 20.2. The van der Waals surface area contributed by atoms with Crippen molar-refractivity contribution in [1.29, 1.82) is 0 Å². The fourth-order valence-corrected chi connectivity index (χ4v) is 5.03. The molecule has 35 heavy (non-hydrogen) atoms. The number of carbonyl (C=O) groups excluding carboxylic acids is 4. The number of anilines is 1. The van der Waals surface area contributed by atoms with Crippen molar-refractivity contribution in [2.45, 2.75) is 44.7 Å². The zero-order chi connectivity index (χ0) is 24.8. The number of benzene rings is 1. The molecule has 3 amide bonds. The first-order valence-electron chi connectivity index (χ1n) is 11.5. The van der Waals surface area contributed by atoms with Gasteiger partial charge in [-0.1, -0.05) is 31.0 Å². The van der Waals surface area contributed by atoms with Crippen molar-refractivity contribution in [3.05, 3.63) is 76.4 Å². The van der Waals surface area contributed by atoms with Crippen LogP contribution in [0.2, 0.25) is 0 Å². The summed E-state index contributed by atoms with van der Waals surface area (Å²) in [4.78, 5) is 53.7. The van der Waals surface area contributed by atoms with Gasteiger partial charge in [0.1, 0.15) is 6.04 Å². The van der Waals surface area contributed by atoms with Gasteiger partial charge in [-0.05, 0) is 55.5 Å². The first-order valence-corrected chi connectivity index (χ1v) is 12.4. The van der Waals surface area contributed by atoms with E-state index in [0.29, 0.717) is 16.1 Å². The van der Waals surface area contributed by atoms with Crippen LogP contribution < -0.4 is 15.5 Å². The van der Waals surface area contributed by atoms with Gasteiger partial charge in [0.15, 0.2) is 11.5 Å². The van der Waals surface area contributed by atoms with Crippen LogP contribution in [-0.4, -0.2) is 36.1 Å². The van der Waals surface area contributed by atoms with Crippen LogP contribution in [0, 0.1) is 0 Å². The van der Waals surface area contributed by atoms with Gasteiger partial charge in [0, 0.05) is 22.2 Å². The maximum atomic E-state index is 13.6. The first kappa shape index (κ1) is 24.4. The van der Waals surface area contributed by atoms with Gasteiger partial charge in [-0.15, -0.1) is 11.3 Å². The molecule has 1 fully saturated rings. The molecule has 3 aromatic rings. The van der Waals surface area contributed by atoms with Crippen LogP contribution >= 0.6 is 11.3 Å². The van der Waals surface area contributed by atoms with Crippen LogP contribution in [0.15, 0.2) is 64.6 Å². The Morgan fingerprint density at radius 3 is 2.54 bits per heavy atom. The predicted molar refractivity (Wildman–Crippen MR) is 132 cm³/mol. The van der Waals surface area contributed by atoms with Crippen LogP contribution in [0.5, 0.6) is 0 Å². The maximum Gasteiger partial charge on any atom is 0.287 e. The average molecular weight is 494 g/mol. The van der Waals surface area contributed by atoms with Gasteiger partial charge < -0.3 is 15.1 Å². The van der Waals surface area contributed by atoms with E-state index in [1.54, 1.807) is 36.4 Å². The van der Waals surface area contributed by atoms with Crippen LogP contribution in [-0.2, 0) is 9.59 Å². The molecule has 0 aliphatic heterocycles. The molecule has 1 aliphatic rings. The number of nitrogens with zero attached hydrogens (tertiary/aromatic N) is 1. The van der Waals surface area contributed by atoms with Crippen molar-refractivity contribution in [2.75, 3.05) is 11.4 Å². The minimum atomic E-state index is -0.953. The quantitative estimate of drug-likeness (QED) is 0.436. The topological polar surface area (TPSA) is 109 Å². The Kier molecular flexibility index (Phi) is 7.77. The lowest BCUT2D eigenvalue weighted by atomic mass is 10.1. The monoisotopic (exact) mass is 493 g/mol. The molecule has 0 saturated heterocycles. The lowest BCUT2D eigenvalue weighted by Crippen LogP contribution is -2.49. The molecule has 2 N–H and O–H groups in total. The SMILES string of the molecule is CC(=O)c1cccc(N(C(=O)CNC(=O)c2ccco2)C(C(=O)NC2CCCC2)c2cccs2)c1. The summed E-state index contributed by atoms with van der Waals surface area (Å²) in [6.45, 7) is 1.08. The van der Waals surface area contributed by atoms with Crippen molar-refractivity contribution in [1.82, 2.24) is 10.6 Å². The molecule has 8 nitrogen and oxygen atoms in total. The van der Waals surface area contributed by atoms with Gasteiger partial charge >= 0.3 is 0 Å². The Balaban J connectivity index is 1.68. The number of amides is 3. The molecule has 4 rings (SSSR count). The fraction of sp³-hybridized carbons (Fsp3) is 0.308. The largest absolute Gasteiger partial charge is 0.459 e. The van der Waals surface area contributed by atoms with Gasteiger partial charge in [0.25, 0.3) is 5.91 Å². The van der Waals surface area contributed by atoms with E-state index in [2.05, 4.69) is 10.6 Å². The summed E-state index contributed by atoms with van der Waals surface area (Å²) in [6, 6.07) is 12.4. The Hall–Kier alpha value is -3.72. The van der Waals surface area contributed by atoms with E-state index in [1.807, 2.05) is 11.4 Å². The van der Waals surface area contributed by atoms with Gasteiger partial charge in [0.05, 0.1) is 12.8 Å². The highest BCUT2D eigenvalue weighted by Crippen LogP contribution is 2.32. The number of carbonyl (C=O) groups is 4. The lowest BCUT2D eigenvalue weighted by molar-refractivity contribution is -0.126. The van der Waals surface area contributed by atoms with Crippen molar-refractivity contribution in [2.24, 2.45) is 0 Å². The fourth-order valence-electron chi connectivity index (χ4n) is 4.22. The summed E-state index contributed by atoms with van der Waals surface area (Å²) in [5, 5.41) is 7.51. The van der Waals surface area contributed by atoms with Crippen LogP contribution in [0.1, 0.15) is 64.4 Å². The molecule has 2 heterocycles. The molecule has 1 aromatic carbocycles. The number of ketones is 1. The van der Waals surface area contributed by atoms with E-state index in [1.165, 1.54) is 35.5 Å². The van der Waals surface area contributed by atoms with Crippen molar-refractivity contribution in [3.63, 3.8) is 0 Å². The maximum absolute atomic E-state index is 13.6. The molecular formula is C26H27N3O5S. The van der Waals surface area contributed by atoms with Gasteiger partial charge in [0.2, 0.25) is 11.8 Å². The average Bonchev–Trinajstić information content (AvgIpc) is 3.64. The highest BCUT2D eigenvalue weighted by molar-refractivity contribution is 7.10. The molecule has 182 valence electrons. The van der Waals surface area contributed by atoms with E-state index < -0.39 is 17.9 Å². The Morgan fingerprint density at radius 2 is 1.89 bits per heavy atom. The summed E-state index contributed by atoms with van der Waals surface area (Å²) in [5.74, 6) is -1.40. The lowest BCUT2D eigenvalue weighted by Gasteiger charge is -2.31. The normalized spacial score (nSPS) is 14.3. The van der Waals surface area contributed by atoms with Crippen LogP contribution in [0.4, 0.5) is 5.69 Å². The van der Waals surface area contributed by atoms with Crippen molar-refractivity contribution >= 4 is 40.5 Å². The number of rotatable bonds is 9. The number of hydrogen-bond acceptors (Lipinski definition) is 6. The highest BCUT2D eigenvalue weighted by atomic mass is 32.1.